The summed E-state index contributed by atoms with van der Waals surface area (Å²) in [6, 6.07) is 12.8. The van der Waals surface area contributed by atoms with Gasteiger partial charge in [-0.1, -0.05) is 17.4 Å². The van der Waals surface area contributed by atoms with Gasteiger partial charge in [0.25, 0.3) is 0 Å². The van der Waals surface area contributed by atoms with E-state index in [9.17, 15) is 18.0 Å². The SMILES string of the molecule is COc1ccc(OC(F)(F)F)cc1CC(=O)Nc1ccc(CCCCc2nnc(NCCc3ccccn3)s2)nn1. The Labute approximate surface area is 238 Å². The first-order valence-corrected chi connectivity index (χ1v) is 13.6. The van der Waals surface area contributed by atoms with Gasteiger partial charge in [0.05, 0.1) is 19.2 Å². The Bertz CT molecular complexity index is 1400. The Hall–Kier alpha value is -4.33. The van der Waals surface area contributed by atoms with Gasteiger partial charge in [-0.3, -0.25) is 9.78 Å². The highest BCUT2D eigenvalue weighted by atomic mass is 32.1. The van der Waals surface area contributed by atoms with Gasteiger partial charge in [-0.15, -0.1) is 28.5 Å². The van der Waals surface area contributed by atoms with Gasteiger partial charge in [0, 0.05) is 36.8 Å². The molecule has 4 aromatic rings. The number of aromatic nitrogens is 5. The number of rotatable bonds is 14. The van der Waals surface area contributed by atoms with Crippen LogP contribution in [0.2, 0.25) is 0 Å². The first-order chi connectivity index (χ1) is 19.8. The number of aryl methyl sites for hydroxylation is 2. The highest BCUT2D eigenvalue weighted by Gasteiger charge is 2.31. The summed E-state index contributed by atoms with van der Waals surface area (Å²) in [5, 5.41) is 24.3. The Morgan fingerprint density at radius 2 is 1.80 bits per heavy atom. The van der Waals surface area contributed by atoms with Crippen LogP contribution in [-0.2, 0) is 30.5 Å². The van der Waals surface area contributed by atoms with Crippen molar-refractivity contribution < 1.29 is 27.4 Å². The predicted molar refractivity (Wildman–Crippen MR) is 147 cm³/mol. The molecule has 0 aliphatic heterocycles. The van der Waals surface area contributed by atoms with Crippen molar-refractivity contribution in [1.29, 1.82) is 0 Å². The average Bonchev–Trinajstić information content (AvgIpc) is 3.39. The van der Waals surface area contributed by atoms with E-state index < -0.39 is 18.0 Å². The minimum absolute atomic E-state index is 0.234. The molecule has 0 aliphatic carbocycles. The largest absolute Gasteiger partial charge is 0.573 e. The molecule has 3 aromatic heterocycles. The molecule has 0 aliphatic rings. The maximum atomic E-state index is 12.5. The quantitative estimate of drug-likeness (QED) is 0.196. The fourth-order valence-corrected chi connectivity index (χ4v) is 4.67. The van der Waals surface area contributed by atoms with Crippen LogP contribution in [0, 0.1) is 0 Å². The minimum Gasteiger partial charge on any atom is -0.496 e. The summed E-state index contributed by atoms with van der Waals surface area (Å²) in [5.41, 5.74) is 2.03. The van der Waals surface area contributed by atoms with Crippen LogP contribution in [0.5, 0.6) is 11.5 Å². The van der Waals surface area contributed by atoms with Crippen molar-refractivity contribution in [3.8, 4) is 11.5 Å². The molecule has 0 saturated heterocycles. The summed E-state index contributed by atoms with van der Waals surface area (Å²) in [7, 11) is 1.36. The number of nitrogens with one attached hydrogen (secondary N) is 2. The fraction of sp³-hybridized carbons (Fsp3) is 0.333. The number of carbonyl (C=O) groups excluding carboxylic acids is 1. The van der Waals surface area contributed by atoms with E-state index in [1.165, 1.54) is 13.2 Å². The molecule has 0 fully saturated rings. The lowest BCUT2D eigenvalue weighted by Crippen LogP contribution is -2.18. The number of halogens is 3. The summed E-state index contributed by atoms with van der Waals surface area (Å²) in [5.74, 6) is -0.433. The molecule has 2 N–H and O–H groups in total. The van der Waals surface area contributed by atoms with E-state index in [0.717, 1.165) is 65.9 Å². The third-order valence-corrected chi connectivity index (χ3v) is 6.69. The number of nitrogens with zero attached hydrogens (tertiary/aromatic N) is 5. The van der Waals surface area contributed by atoms with Crippen molar-refractivity contribution in [2.75, 3.05) is 24.3 Å². The van der Waals surface area contributed by atoms with Gasteiger partial charge < -0.3 is 20.1 Å². The van der Waals surface area contributed by atoms with Crippen LogP contribution >= 0.6 is 11.3 Å². The molecular weight excluding hydrogens is 559 g/mol. The maximum Gasteiger partial charge on any atom is 0.573 e. The minimum atomic E-state index is -4.84. The second-order valence-electron chi connectivity index (χ2n) is 8.86. The van der Waals surface area contributed by atoms with Gasteiger partial charge in [0.1, 0.15) is 16.5 Å². The average molecular weight is 588 g/mol. The number of benzene rings is 1. The van der Waals surface area contributed by atoms with Crippen LogP contribution in [-0.4, -0.2) is 51.3 Å². The molecule has 4 rings (SSSR count). The van der Waals surface area contributed by atoms with Crippen LogP contribution in [0.15, 0.2) is 54.7 Å². The van der Waals surface area contributed by atoms with Gasteiger partial charge in [-0.25, -0.2) is 0 Å². The lowest BCUT2D eigenvalue weighted by Gasteiger charge is -2.13. The predicted octanol–water partition coefficient (Wildman–Crippen LogP) is 5.03. The number of pyridine rings is 1. The van der Waals surface area contributed by atoms with Crippen molar-refractivity contribution in [2.45, 2.75) is 44.9 Å². The van der Waals surface area contributed by atoms with Crippen molar-refractivity contribution >= 4 is 28.2 Å². The number of unbranched alkanes of at least 4 members (excludes halogenated alkanes) is 1. The van der Waals surface area contributed by atoms with Crippen LogP contribution in [0.25, 0.3) is 0 Å². The normalized spacial score (nSPS) is 11.2. The van der Waals surface area contributed by atoms with Crippen molar-refractivity contribution in [2.24, 2.45) is 0 Å². The molecule has 14 heteroatoms. The number of hydrogen-bond acceptors (Lipinski definition) is 10. The van der Waals surface area contributed by atoms with E-state index in [0.29, 0.717) is 6.42 Å². The summed E-state index contributed by atoms with van der Waals surface area (Å²) < 4.78 is 46.7. The standard InChI is InChI=1S/C27H28F3N7O3S/c1-39-22-11-10-21(40-27(28,29)30)16-18(22)17-24(38)33-23-12-9-20(34-35-23)7-2-3-8-25-36-37-26(41-25)32-15-13-19-6-4-5-14-31-19/h4-6,9-12,14,16H,2-3,7-8,13,15,17H2,1H3,(H,32,37)(H,33,35,38). The van der Waals surface area contributed by atoms with Gasteiger partial charge in [-0.2, -0.15) is 5.10 Å². The van der Waals surface area contributed by atoms with Crippen molar-refractivity contribution in [1.82, 2.24) is 25.4 Å². The Balaban J connectivity index is 1.17. The van der Waals surface area contributed by atoms with Crippen LogP contribution in [0.3, 0.4) is 0 Å². The zero-order valence-corrected chi connectivity index (χ0v) is 23.0. The highest BCUT2D eigenvalue weighted by molar-refractivity contribution is 7.15. The fourth-order valence-electron chi connectivity index (χ4n) is 3.86. The zero-order chi connectivity index (χ0) is 29.1. The number of hydrogen-bond donors (Lipinski definition) is 2. The smallest absolute Gasteiger partial charge is 0.496 e. The molecule has 1 amide bonds. The van der Waals surface area contributed by atoms with Crippen LogP contribution in [0.1, 0.15) is 34.8 Å². The number of amides is 1. The van der Waals surface area contributed by atoms with Crippen molar-refractivity contribution in [3.05, 3.63) is 76.7 Å². The molecule has 0 bridgehead atoms. The molecule has 0 spiro atoms. The zero-order valence-electron chi connectivity index (χ0n) is 22.1. The van der Waals surface area contributed by atoms with Gasteiger partial charge in [-0.05, 0) is 61.7 Å². The second kappa shape index (κ2) is 14.3. The van der Waals surface area contributed by atoms with E-state index in [1.54, 1.807) is 29.7 Å². The summed E-state index contributed by atoms with van der Waals surface area (Å²) in [4.78, 5) is 16.8. The number of alkyl halides is 3. The van der Waals surface area contributed by atoms with E-state index >= 15 is 0 Å². The van der Waals surface area contributed by atoms with Gasteiger partial charge >= 0.3 is 6.36 Å². The summed E-state index contributed by atoms with van der Waals surface area (Å²) >= 11 is 1.54. The monoisotopic (exact) mass is 587 g/mol. The summed E-state index contributed by atoms with van der Waals surface area (Å²) in [6.45, 7) is 0.735. The molecule has 216 valence electrons. The molecule has 0 saturated carbocycles. The Morgan fingerprint density at radius 1 is 0.951 bits per heavy atom. The number of carbonyl (C=O) groups is 1. The molecule has 3 heterocycles. The molecule has 41 heavy (non-hydrogen) atoms. The molecule has 0 atom stereocenters. The Morgan fingerprint density at radius 3 is 2.54 bits per heavy atom. The summed E-state index contributed by atoms with van der Waals surface area (Å²) in [6.07, 6.45) is 0.795. The van der Waals surface area contributed by atoms with Crippen molar-refractivity contribution in [3.63, 3.8) is 0 Å². The van der Waals surface area contributed by atoms with Crippen LogP contribution in [0.4, 0.5) is 24.1 Å². The number of anilines is 2. The van der Waals surface area contributed by atoms with E-state index in [2.05, 4.69) is 40.7 Å². The third kappa shape index (κ3) is 9.98. The molecule has 0 radical (unpaired) electrons. The first kappa shape index (κ1) is 29.6. The molecule has 1 aromatic carbocycles. The van der Waals surface area contributed by atoms with E-state index in [-0.39, 0.29) is 23.6 Å². The number of ether oxygens (including phenoxy) is 2. The number of methoxy groups -OCH3 is 1. The maximum absolute atomic E-state index is 12.5. The highest BCUT2D eigenvalue weighted by Crippen LogP contribution is 2.29. The lowest BCUT2D eigenvalue weighted by atomic mass is 10.1. The van der Waals surface area contributed by atoms with E-state index in [4.69, 9.17) is 4.74 Å². The second-order valence-corrected chi connectivity index (χ2v) is 9.92. The van der Waals surface area contributed by atoms with Gasteiger partial charge in [0.2, 0.25) is 11.0 Å². The molecule has 10 nitrogen and oxygen atoms in total. The lowest BCUT2D eigenvalue weighted by molar-refractivity contribution is -0.274. The molecule has 0 unspecified atom stereocenters. The topological polar surface area (TPSA) is 124 Å². The third-order valence-electron chi connectivity index (χ3n) is 5.75. The first-order valence-electron chi connectivity index (χ1n) is 12.8. The van der Waals surface area contributed by atoms with E-state index in [1.807, 2.05) is 18.2 Å². The molecular formula is C27H28F3N7O3S. The Kier molecular flexibility index (Phi) is 10.4. The van der Waals surface area contributed by atoms with Gasteiger partial charge in [0.15, 0.2) is 5.82 Å². The van der Waals surface area contributed by atoms with Crippen LogP contribution < -0.4 is 20.1 Å².